The van der Waals surface area contributed by atoms with Gasteiger partial charge in [-0.1, -0.05) is 13.8 Å². The summed E-state index contributed by atoms with van der Waals surface area (Å²) >= 11 is 3.42. The van der Waals surface area contributed by atoms with Crippen molar-refractivity contribution < 1.29 is 8.42 Å². The number of nitrogens with zero attached hydrogens (tertiary/aromatic N) is 2. The van der Waals surface area contributed by atoms with E-state index in [0.29, 0.717) is 11.6 Å². The number of nitrogens with one attached hydrogen (secondary N) is 1. The first kappa shape index (κ1) is 14.4. The Hall–Kier alpha value is -0.690. The summed E-state index contributed by atoms with van der Waals surface area (Å²) in [7, 11) is -1.39. The van der Waals surface area contributed by atoms with Crippen LogP contribution in [-0.2, 0) is 15.6 Å². The Morgan fingerprint density at radius 1 is 1.35 bits per heavy atom. The molecule has 0 fully saturated rings. The van der Waals surface area contributed by atoms with E-state index in [4.69, 9.17) is 0 Å². The highest BCUT2D eigenvalue weighted by molar-refractivity contribution is 9.10. The summed E-state index contributed by atoms with van der Waals surface area (Å²) in [5, 5.41) is 2.92. The smallest absolute Gasteiger partial charge is 0.154 e. The lowest BCUT2D eigenvalue weighted by Crippen LogP contribution is -2.10. The molecule has 0 saturated carbocycles. The van der Waals surface area contributed by atoms with Crippen LogP contribution in [0, 0.1) is 0 Å². The maximum absolute atomic E-state index is 11.3. The number of rotatable bonds is 4. The molecule has 17 heavy (non-hydrogen) atoms. The van der Waals surface area contributed by atoms with Crippen molar-refractivity contribution in [2.45, 2.75) is 25.5 Å². The van der Waals surface area contributed by atoms with Crippen LogP contribution in [0.25, 0.3) is 0 Å². The predicted molar refractivity (Wildman–Crippen MR) is 71.9 cm³/mol. The lowest BCUT2D eigenvalue weighted by molar-refractivity contribution is 0.599. The van der Waals surface area contributed by atoms with E-state index in [1.807, 2.05) is 13.8 Å². The van der Waals surface area contributed by atoms with Gasteiger partial charge in [0.1, 0.15) is 17.4 Å². The lowest BCUT2D eigenvalue weighted by Gasteiger charge is -2.12. The van der Waals surface area contributed by atoms with Gasteiger partial charge in [-0.3, -0.25) is 0 Å². The Bertz CT molecular complexity index is 515. The summed E-state index contributed by atoms with van der Waals surface area (Å²) in [6, 6.07) is 0. The van der Waals surface area contributed by atoms with Crippen molar-refractivity contribution in [1.82, 2.24) is 9.97 Å². The molecule has 96 valence electrons. The second-order valence-electron chi connectivity index (χ2n) is 4.16. The Morgan fingerprint density at radius 3 is 2.35 bits per heavy atom. The van der Waals surface area contributed by atoms with Gasteiger partial charge in [-0.05, 0) is 21.8 Å². The number of hydrogen-bond acceptors (Lipinski definition) is 5. The highest BCUT2D eigenvalue weighted by atomic mass is 79.9. The number of aromatic nitrogens is 2. The molecule has 1 heterocycles. The van der Waals surface area contributed by atoms with E-state index in [2.05, 4.69) is 31.2 Å². The molecule has 0 atom stereocenters. The largest absolute Gasteiger partial charge is 0.372 e. The average molecular weight is 322 g/mol. The number of hydrogen-bond donors (Lipinski definition) is 1. The summed E-state index contributed by atoms with van der Waals surface area (Å²) in [5.41, 5.74) is 0.808. The zero-order valence-corrected chi connectivity index (χ0v) is 12.7. The molecule has 0 bridgehead atoms. The molecule has 1 aromatic heterocycles. The Kier molecular flexibility index (Phi) is 4.48. The van der Waals surface area contributed by atoms with Crippen LogP contribution in [0.5, 0.6) is 0 Å². The Labute approximate surface area is 110 Å². The molecule has 7 heteroatoms. The molecule has 0 spiro atoms. The van der Waals surface area contributed by atoms with E-state index >= 15 is 0 Å². The van der Waals surface area contributed by atoms with Crippen molar-refractivity contribution in [3.8, 4) is 0 Å². The molecular formula is C10H16BrN3O2S. The summed E-state index contributed by atoms with van der Waals surface area (Å²) in [5.74, 6) is 0.984. The highest BCUT2D eigenvalue weighted by Gasteiger charge is 2.16. The van der Waals surface area contributed by atoms with E-state index < -0.39 is 9.84 Å². The minimum absolute atomic E-state index is 0.144. The maximum atomic E-state index is 11.3. The SMILES string of the molecule is CNc1nc(CS(C)(=O)=O)nc(C(C)C)c1Br. The van der Waals surface area contributed by atoms with E-state index in [1.165, 1.54) is 6.26 Å². The van der Waals surface area contributed by atoms with Crippen molar-refractivity contribution in [3.05, 3.63) is 16.0 Å². The van der Waals surface area contributed by atoms with Crippen molar-refractivity contribution in [2.24, 2.45) is 0 Å². The predicted octanol–water partition coefficient (Wildman–Crippen LogP) is 1.95. The number of sulfone groups is 1. The highest BCUT2D eigenvalue weighted by Crippen LogP contribution is 2.28. The van der Waals surface area contributed by atoms with E-state index in [0.717, 1.165) is 10.2 Å². The molecule has 0 aliphatic rings. The maximum Gasteiger partial charge on any atom is 0.154 e. The molecule has 0 radical (unpaired) electrons. The zero-order chi connectivity index (χ0) is 13.2. The molecule has 0 unspecified atom stereocenters. The standard InChI is InChI=1S/C10H16BrN3O2S/c1-6(2)9-8(11)10(12-3)14-7(13-9)5-17(4,15)16/h6H,5H2,1-4H3,(H,12,13,14). The van der Waals surface area contributed by atoms with E-state index in [-0.39, 0.29) is 11.7 Å². The fourth-order valence-corrected chi connectivity index (χ4v) is 2.79. The molecule has 0 aliphatic carbocycles. The monoisotopic (exact) mass is 321 g/mol. The third kappa shape index (κ3) is 3.92. The second kappa shape index (κ2) is 5.30. The van der Waals surface area contributed by atoms with Crippen LogP contribution >= 0.6 is 15.9 Å². The first-order valence-corrected chi connectivity index (χ1v) is 8.01. The van der Waals surface area contributed by atoms with Crippen LogP contribution in [0.3, 0.4) is 0 Å². The molecule has 5 nitrogen and oxygen atoms in total. The molecule has 0 amide bonds. The van der Waals surface area contributed by atoms with Crippen LogP contribution < -0.4 is 5.32 Å². The minimum Gasteiger partial charge on any atom is -0.372 e. The first-order chi connectivity index (χ1) is 7.74. The summed E-state index contributed by atoms with van der Waals surface area (Å²) in [4.78, 5) is 8.46. The first-order valence-electron chi connectivity index (χ1n) is 5.16. The lowest BCUT2D eigenvalue weighted by atomic mass is 10.1. The summed E-state index contributed by atoms with van der Waals surface area (Å²) in [6.07, 6.45) is 1.17. The minimum atomic E-state index is -3.13. The van der Waals surface area contributed by atoms with Crippen LogP contribution in [0.1, 0.15) is 31.3 Å². The van der Waals surface area contributed by atoms with Gasteiger partial charge in [0, 0.05) is 13.3 Å². The van der Waals surface area contributed by atoms with Crippen molar-refractivity contribution in [2.75, 3.05) is 18.6 Å². The van der Waals surface area contributed by atoms with Gasteiger partial charge in [0.2, 0.25) is 0 Å². The van der Waals surface area contributed by atoms with Crippen LogP contribution in [0.15, 0.2) is 4.47 Å². The van der Waals surface area contributed by atoms with Gasteiger partial charge >= 0.3 is 0 Å². The van der Waals surface area contributed by atoms with Gasteiger partial charge < -0.3 is 5.32 Å². The van der Waals surface area contributed by atoms with Gasteiger partial charge in [-0.2, -0.15) is 0 Å². The molecule has 0 saturated heterocycles. The molecule has 1 N–H and O–H groups in total. The topological polar surface area (TPSA) is 72.0 Å². The zero-order valence-electron chi connectivity index (χ0n) is 10.3. The van der Waals surface area contributed by atoms with Gasteiger partial charge in [0.05, 0.1) is 10.2 Å². The van der Waals surface area contributed by atoms with Crippen LogP contribution in [0.2, 0.25) is 0 Å². The van der Waals surface area contributed by atoms with Crippen LogP contribution in [-0.4, -0.2) is 31.7 Å². The van der Waals surface area contributed by atoms with E-state index in [9.17, 15) is 8.42 Å². The normalized spacial score (nSPS) is 11.9. The summed E-state index contributed by atoms with van der Waals surface area (Å²) < 4.78 is 23.3. The number of anilines is 1. The summed E-state index contributed by atoms with van der Waals surface area (Å²) in [6.45, 7) is 3.99. The van der Waals surface area contributed by atoms with Crippen molar-refractivity contribution >= 4 is 31.6 Å². The van der Waals surface area contributed by atoms with Gasteiger partial charge in [0.15, 0.2) is 9.84 Å². The fourth-order valence-electron chi connectivity index (χ4n) is 1.36. The molecule has 0 aliphatic heterocycles. The van der Waals surface area contributed by atoms with Crippen molar-refractivity contribution in [3.63, 3.8) is 0 Å². The molecule has 0 aromatic carbocycles. The van der Waals surface area contributed by atoms with Crippen molar-refractivity contribution in [1.29, 1.82) is 0 Å². The Balaban J connectivity index is 3.30. The third-order valence-electron chi connectivity index (χ3n) is 2.10. The van der Waals surface area contributed by atoms with Gasteiger partial charge in [-0.25, -0.2) is 18.4 Å². The second-order valence-corrected chi connectivity index (χ2v) is 7.10. The fraction of sp³-hybridized carbons (Fsp3) is 0.600. The van der Waals surface area contributed by atoms with E-state index in [1.54, 1.807) is 7.05 Å². The quantitative estimate of drug-likeness (QED) is 0.917. The molecule has 1 rings (SSSR count). The Morgan fingerprint density at radius 2 is 1.94 bits per heavy atom. The molecule has 1 aromatic rings. The average Bonchev–Trinajstić information content (AvgIpc) is 2.17. The number of halogens is 1. The van der Waals surface area contributed by atoms with Crippen LogP contribution in [0.4, 0.5) is 5.82 Å². The van der Waals surface area contributed by atoms with Gasteiger partial charge in [-0.15, -0.1) is 0 Å². The van der Waals surface area contributed by atoms with Gasteiger partial charge in [0.25, 0.3) is 0 Å². The molecular weight excluding hydrogens is 306 g/mol. The third-order valence-corrected chi connectivity index (χ3v) is 3.66.